The number of carbonyl (C=O) groups is 1. The number of nitrogens with zero attached hydrogens (tertiary/aromatic N) is 4. The Bertz CT molecular complexity index is 1050. The van der Waals surface area contributed by atoms with E-state index < -0.39 is 0 Å². The third kappa shape index (κ3) is 5.10. The molecule has 2 aliphatic heterocycles. The number of likely N-dealkylation sites (tertiary alicyclic amines) is 1. The SMILES string of the molecule is CNC(=O)[C@@H]1C[C@@]1(c1ccc(Cl)cc1)C1CCN(N([O-])C2CCN(Cc3ccnc(N)c3)CC2)CC1. The van der Waals surface area contributed by atoms with Crippen molar-refractivity contribution in [2.45, 2.75) is 50.1 Å². The summed E-state index contributed by atoms with van der Waals surface area (Å²) in [5.74, 6) is 1.02. The number of benzene rings is 1. The first-order chi connectivity index (χ1) is 17.4. The minimum atomic E-state index is -0.147. The van der Waals surface area contributed by atoms with Crippen LogP contribution in [0.4, 0.5) is 5.82 Å². The van der Waals surface area contributed by atoms with Gasteiger partial charge >= 0.3 is 0 Å². The molecule has 1 amide bonds. The van der Waals surface area contributed by atoms with Crippen molar-refractivity contribution in [2.24, 2.45) is 11.8 Å². The molecule has 1 aromatic carbocycles. The fraction of sp³-hybridized carbons (Fsp3) is 0.556. The fourth-order valence-electron chi connectivity index (χ4n) is 6.50. The number of pyridine rings is 1. The Balaban J connectivity index is 1.16. The summed E-state index contributed by atoms with van der Waals surface area (Å²) in [7, 11) is 1.71. The van der Waals surface area contributed by atoms with Gasteiger partial charge in [0.2, 0.25) is 5.91 Å². The molecule has 9 heteroatoms. The number of anilines is 1. The van der Waals surface area contributed by atoms with Crippen LogP contribution in [0, 0.1) is 17.0 Å². The fourth-order valence-corrected chi connectivity index (χ4v) is 6.63. The molecule has 3 heterocycles. The minimum Gasteiger partial charge on any atom is -0.771 e. The molecule has 3 N–H and O–H groups in total. The molecule has 0 unspecified atom stereocenters. The third-order valence-electron chi connectivity index (χ3n) is 8.55. The summed E-state index contributed by atoms with van der Waals surface area (Å²) in [6.45, 7) is 4.11. The lowest BCUT2D eigenvalue weighted by molar-refractivity contribution is -0.122. The predicted molar refractivity (Wildman–Crippen MR) is 142 cm³/mol. The molecule has 0 radical (unpaired) electrons. The number of piperidine rings is 2. The topological polar surface area (TPSA) is 101 Å². The van der Waals surface area contributed by atoms with Crippen LogP contribution >= 0.6 is 11.6 Å². The van der Waals surface area contributed by atoms with Crippen molar-refractivity contribution in [3.63, 3.8) is 0 Å². The number of hydrazine groups is 1. The van der Waals surface area contributed by atoms with Gasteiger partial charge in [-0.05, 0) is 86.5 Å². The van der Waals surface area contributed by atoms with Crippen LogP contribution in [0.2, 0.25) is 5.02 Å². The van der Waals surface area contributed by atoms with E-state index in [9.17, 15) is 10.0 Å². The zero-order chi connectivity index (χ0) is 25.3. The quantitative estimate of drug-likeness (QED) is 0.549. The van der Waals surface area contributed by atoms with E-state index in [1.165, 1.54) is 10.7 Å². The molecule has 5 rings (SSSR count). The van der Waals surface area contributed by atoms with Gasteiger partial charge < -0.3 is 21.4 Å². The summed E-state index contributed by atoms with van der Waals surface area (Å²) in [5.41, 5.74) is 8.02. The maximum atomic E-state index is 13.3. The molecular formula is C27H36ClN6O2-. The van der Waals surface area contributed by atoms with E-state index in [4.69, 9.17) is 17.3 Å². The number of amides is 1. The molecule has 8 nitrogen and oxygen atoms in total. The molecule has 1 aromatic heterocycles. The van der Waals surface area contributed by atoms with E-state index in [0.717, 1.165) is 70.4 Å². The second kappa shape index (κ2) is 10.6. The van der Waals surface area contributed by atoms with Crippen molar-refractivity contribution in [1.82, 2.24) is 25.4 Å². The highest BCUT2D eigenvalue weighted by Crippen LogP contribution is 2.61. The van der Waals surface area contributed by atoms with E-state index in [1.807, 2.05) is 29.3 Å². The van der Waals surface area contributed by atoms with E-state index in [0.29, 0.717) is 16.8 Å². The van der Waals surface area contributed by atoms with Gasteiger partial charge in [-0.3, -0.25) is 14.7 Å². The Morgan fingerprint density at radius 3 is 2.50 bits per heavy atom. The van der Waals surface area contributed by atoms with Gasteiger partial charge in [0.05, 0.1) is 0 Å². The first-order valence-corrected chi connectivity index (χ1v) is 13.4. The van der Waals surface area contributed by atoms with Crippen LogP contribution < -0.4 is 11.1 Å². The Hall–Kier alpha value is -2.23. The molecule has 194 valence electrons. The second-order valence-corrected chi connectivity index (χ2v) is 11.0. The number of carbonyl (C=O) groups excluding carboxylic acids is 1. The minimum absolute atomic E-state index is 0.0105. The lowest BCUT2D eigenvalue weighted by Gasteiger charge is -2.51. The average Bonchev–Trinajstić information content (AvgIpc) is 3.66. The van der Waals surface area contributed by atoms with Gasteiger partial charge in [-0.1, -0.05) is 23.7 Å². The van der Waals surface area contributed by atoms with Crippen molar-refractivity contribution in [1.29, 1.82) is 0 Å². The number of hydrogen-bond acceptors (Lipinski definition) is 7. The summed E-state index contributed by atoms with van der Waals surface area (Å²) in [4.78, 5) is 19.0. The van der Waals surface area contributed by atoms with Crippen LogP contribution in [0.3, 0.4) is 0 Å². The van der Waals surface area contributed by atoms with E-state index in [2.05, 4.69) is 27.3 Å². The summed E-state index contributed by atoms with van der Waals surface area (Å²) in [5, 5.41) is 20.1. The first-order valence-electron chi connectivity index (χ1n) is 13.0. The number of nitrogens with two attached hydrogens (primary N) is 1. The summed E-state index contributed by atoms with van der Waals surface area (Å²) >= 11 is 6.14. The highest BCUT2D eigenvalue weighted by Gasteiger charge is 2.62. The highest BCUT2D eigenvalue weighted by atomic mass is 35.5. The number of rotatable bonds is 7. The van der Waals surface area contributed by atoms with Gasteiger partial charge in [0.1, 0.15) is 5.82 Å². The van der Waals surface area contributed by atoms with Crippen molar-refractivity contribution in [2.75, 3.05) is 39.0 Å². The van der Waals surface area contributed by atoms with Gasteiger partial charge in [-0.2, -0.15) is 0 Å². The first kappa shape index (κ1) is 25.4. The maximum absolute atomic E-state index is 13.3. The molecule has 1 aliphatic carbocycles. The predicted octanol–water partition coefficient (Wildman–Crippen LogP) is 3.41. The van der Waals surface area contributed by atoms with Crippen molar-refractivity contribution in [3.8, 4) is 0 Å². The smallest absolute Gasteiger partial charge is 0.223 e. The van der Waals surface area contributed by atoms with Crippen molar-refractivity contribution >= 4 is 23.3 Å². The van der Waals surface area contributed by atoms with Crippen LogP contribution in [0.15, 0.2) is 42.6 Å². The molecule has 3 aliphatic rings. The monoisotopic (exact) mass is 511 g/mol. The number of nitrogens with one attached hydrogen (secondary N) is 1. The Morgan fingerprint density at radius 2 is 1.86 bits per heavy atom. The normalized spacial score (nSPS) is 26.3. The second-order valence-electron chi connectivity index (χ2n) is 10.5. The average molecular weight is 512 g/mol. The van der Waals surface area contributed by atoms with Crippen LogP contribution in [0.25, 0.3) is 0 Å². The standard InChI is InChI=1S/C27H36ClN6O2/c1-30-26(35)24-17-27(24,20-2-4-22(28)5-3-20)21-7-14-33(15-8-21)34(36)23-9-12-32(13-10-23)18-19-6-11-31-25(29)16-19/h2-6,11,16,21,23-24H,7-10,12-15,17-18H2,1H3,(H2,29,31)(H,30,35)/q-1/t24-,27+/m0/s1. The number of hydroxylamine groups is 1. The highest BCUT2D eigenvalue weighted by molar-refractivity contribution is 6.30. The van der Waals surface area contributed by atoms with Crippen LogP contribution in [-0.4, -0.2) is 65.2 Å². The van der Waals surface area contributed by atoms with Gasteiger partial charge in [0, 0.05) is 55.3 Å². The van der Waals surface area contributed by atoms with Gasteiger partial charge in [0.15, 0.2) is 0 Å². The Labute approximate surface area is 218 Å². The molecule has 3 fully saturated rings. The molecular weight excluding hydrogens is 476 g/mol. The van der Waals surface area contributed by atoms with Crippen LogP contribution in [-0.2, 0) is 16.8 Å². The lowest BCUT2D eigenvalue weighted by Crippen LogP contribution is -2.52. The van der Waals surface area contributed by atoms with Crippen LogP contribution in [0.5, 0.6) is 0 Å². The molecule has 2 atom stereocenters. The zero-order valence-electron chi connectivity index (χ0n) is 20.9. The molecule has 0 bridgehead atoms. The molecule has 2 aromatic rings. The summed E-state index contributed by atoms with van der Waals surface area (Å²) in [6, 6.07) is 11.9. The number of halogens is 1. The number of aromatic nitrogens is 1. The van der Waals surface area contributed by atoms with E-state index in [-0.39, 0.29) is 23.3 Å². The third-order valence-corrected chi connectivity index (χ3v) is 8.80. The summed E-state index contributed by atoms with van der Waals surface area (Å²) in [6.07, 6.45) is 6.15. The van der Waals surface area contributed by atoms with E-state index >= 15 is 0 Å². The van der Waals surface area contributed by atoms with Gasteiger partial charge in [-0.25, -0.2) is 4.98 Å². The maximum Gasteiger partial charge on any atom is 0.223 e. The van der Waals surface area contributed by atoms with Gasteiger partial charge in [0.25, 0.3) is 0 Å². The molecule has 2 saturated heterocycles. The molecule has 1 saturated carbocycles. The molecule has 36 heavy (non-hydrogen) atoms. The van der Waals surface area contributed by atoms with Crippen molar-refractivity contribution in [3.05, 3.63) is 64.0 Å². The number of nitrogen functional groups attached to an aromatic ring is 1. The Kier molecular flexibility index (Phi) is 7.51. The summed E-state index contributed by atoms with van der Waals surface area (Å²) < 4.78 is 0. The lowest BCUT2D eigenvalue weighted by atomic mass is 9.75. The van der Waals surface area contributed by atoms with Crippen molar-refractivity contribution < 1.29 is 4.79 Å². The number of hydrogen-bond donors (Lipinski definition) is 2. The largest absolute Gasteiger partial charge is 0.771 e. The van der Waals surface area contributed by atoms with Crippen LogP contribution in [0.1, 0.15) is 43.2 Å². The Morgan fingerprint density at radius 1 is 1.17 bits per heavy atom. The molecule has 0 spiro atoms. The zero-order valence-corrected chi connectivity index (χ0v) is 21.7. The van der Waals surface area contributed by atoms with E-state index in [1.54, 1.807) is 13.2 Å². The van der Waals surface area contributed by atoms with Gasteiger partial charge in [-0.15, -0.1) is 0 Å².